The fourth-order valence-corrected chi connectivity index (χ4v) is 7.83. The lowest BCUT2D eigenvalue weighted by molar-refractivity contribution is -0.144. The molecule has 1 unspecified atom stereocenters. The Labute approximate surface area is 294 Å². The van der Waals surface area contributed by atoms with Gasteiger partial charge in [0.25, 0.3) is 5.91 Å². The Kier molecular flexibility index (Phi) is 10.6. The van der Waals surface area contributed by atoms with Gasteiger partial charge in [0.05, 0.1) is 12.1 Å². The van der Waals surface area contributed by atoms with Crippen molar-refractivity contribution in [2.45, 2.75) is 111 Å². The Bertz CT molecular complexity index is 1490. The number of ketones is 1. The van der Waals surface area contributed by atoms with Crippen molar-refractivity contribution in [3.63, 3.8) is 0 Å². The molecule has 0 aromatic heterocycles. The van der Waals surface area contributed by atoms with Gasteiger partial charge in [-0.1, -0.05) is 71.7 Å². The third-order valence-electron chi connectivity index (χ3n) is 11.1. The Morgan fingerprint density at radius 2 is 1.58 bits per heavy atom. The summed E-state index contributed by atoms with van der Waals surface area (Å²) < 4.78 is 5.42. The van der Waals surface area contributed by atoms with Crippen LogP contribution in [0.4, 0.5) is 9.59 Å². The van der Waals surface area contributed by atoms with Gasteiger partial charge < -0.3 is 36.6 Å². The van der Waals surface area contributed by atoms with Crippen LogP contribution >= 0.6 is 0 Å². The second kappa shape index (κ2) is 14.2. The molecule has 1 aliphatic heterocycles. The number of primary amides is 1. The molecule has 6 N–H and O–H groups in total. The number of benzene rings is 1. The zero-order valence-electron chi connectivity index (χ0n) is 30.3. The third-order valence-corrected chi connectivity index (χ3v) is 11.1. The predicted molar refractivity (Wildman–Crippen MR) is 185 cm³/mol. The number of piperidine rings is 1. The molecule has 274 valence electrons. The van der Waals surface area contributed by atoms with Crippen LogP contribution in [0.1, 0.15) is 78.9 Å². The molecular weight excluding hydrogens is 640 g/mol. The van der Waals surface area contributed by atoms with E-state index in [4.69, 9.17) is 10.5 Å². The van der Waals surface area contributed by atoms with Crippen LogP contribution in [0.15, 0.2) is 24.3 Å². The summed E-state index contributed by atoms with van der Waals surface area (Å²) in [5.74, 6) is -2.93. The minimum Gasteiger partial charge on any atom is -0.447 e. The highest BCUT2D eigenvalue weighted by molar-refractivity contribution is 6.37. The topological polar surface area (TPSA) is 189 Å². The Morgan fingerprint density at radius 3 is 2.12 bits per heavy atom. The van der Waals surface area contributed by atoms with E-state index in [2.05, 4.69) is 35.1 Å². The summed E-state index contributed by atoms with van der Waals surface area (Å²) in [7, 11) is 0. The second-order valence-corrected chi connectivity index (χ2v) is 16.7. The zero-order chi connectivity index (χ0) is 36.7. The fraction of sp³-hybridized carbons (Fsp3) is 0.676. The lowest BCUT2D eigenvalue weighted by atomic mass is 9.87. The average molecular weight is 695 g/mol. The minimum absolute atomic E-state index is 0.0607. The predicted octanol–water partition coefficient (Wildman–Crippen LogP) is 2.44. The number of hydrogen-bond acceptors (Lipinski definition) is 7. The first-order valence-corrected chi connectivity index (χ1v) is 17.9. The number of likely N-dealkylation sites (tertiary alicyclic amines) is 1. The Hall–Kier alpha value is -4.16. The van der Waals surface area contributed by atoms with Gasteiger partial charge in [-0.25, -0.2) is 9.59 Å². The van der Waals surface area contributed by atoms with Crippen LogP contribution in [0.3, 0.4) is 0 Å². The minimum atomic E-state index is -1.10. The smallest absolute Gasteiger partial charge is 0.407 e. The van der Waals surface area contributed by atoms with Crippen molar-refractivity contribution in [3.8, 4) is 0 Å². The lowest BCUT2D eigenvalue weighted by Crippen LogP contribution is -2.61. The van der Waals surface area contributed by atoms with Gasteiger partial charge in [-0.15, -0.1) is 0 Å². The molecule has 3 fully saturated rings. The van der Waals surface area contributed by atoms with Crippen LogP contribution in [0.25, 0.3) is 0 Å². The number of Topliss-reactive ketones (excluding diaryl/α,β-unsaturated/α-hetero) is 1. The van der Waals surface area contributed by atoms with Crippen molar-refractivity contribution < 1.29 is 33.5 Å². The normalized spacial score (nSPS) is 23.9. The number of carbonyl (C=O) groups is 6. The summed E-state index contributed by atoms with van der Waals surface area (Å²) in [4.78, 5) is 80.9. The van der Waals surface area contributed by atoms with Gasteiger partial charge in [0, 0.05) is 12.6 Å². The van der Waals surface area contributed by atoms with E-state index in [0.717, 1.165) is 24.0 Å². The molecule has 0 spiro atoms. The number of carbonyl (C=O) groups excluding carboxylic acids is 6. The van der Waals surface area contributed by atoms with Gasteiger partial charge in [-0.3, -0.25) is 19.2 Å². The number of ether oxygens (including phenoxy) is 1. The Morgan fingerprint density at radius 1 is 0.960 bits per heavy atom. The van der Waals surface area contributed by atoms with Crippen LogP contribution in [0.5, 0.6) is 0 Å². The van der Waals surface area contributed by atoms with Crippen molar-refractivity contribution in [2.24, 2.45) is 40.2 Å². The molecule has 0 bridgehead atoms. The van der Waals surface area contributed by atoms with E-state index in [-0.39, 0.29) is 47.6 Å². The number of nitrogens with zero attached hydrogens (tertiary/aromatic N) is 1. The van der Waals surface area contributed by atoms with E-state index in [9.17, 15) is 28.8 Å². The summed E-state index contributed by atoms with van der Waals surface area (Å²) in [6, 6.07) is 3.75. The Balaban J connectivity index is 1.37. The second-order valence-electron chi connectivity index (χ2n) is 16.7. The highest BCUT2D eigenvalue weighted by atomic mass is 16.5. The molecule has 1 aromatic rings. The number of alkyl carbamates (subject to hydrolysis) is 1. The maximum atomic E-state index is 14.7. The van der Waals surface area contributed by atoms with Crippen molar-refractivity contribution in [1.82, 2.24) is 26.2 Å². The highest BCUT2D eigenvalue weighted by Crippen LogP contribution is 2.65. The molecule has 1 heterocycles. The van der Waals surface area contributed by atoms with Crippen LogP contribution in [-0.2, 0) is 36.8 Å². The van der Waals surface area contributed by atoms with Gasteiger partial charge in [-0.2, -0.15) is 0 Å². The number of urea groups is 1. The molecule has 0 radical (unpaired) electrons. The van der Waals surface area contributed by atoms with E-state index < -0.39 is 59.3 Å². The van der Waals surface area contributed by atoms with E-state index >= 15 is 0 Å². The molecule has 2 saturated carbocycles. The third kappa shape index (κ3) is 8.24. The van der Waals surface area contributed by atoms with Gasteiger partial charge in [-0.05, 0) is 78.7 Å². The number of amides is 6. The van der Waals surface area contributed by atoms with E-state index in [0.29, 0.717) is 25.8 Å². The summed E-state index contributed by atoms with van der Waals surface area (Å²) in [5, 5.41) is 11.4. The molecular formula is C37H54N6O7. The quantitative estimate of drug-likeness (QED) is 0.196. The van der Waals surface area contributed by atoms with Gasteiger partial charge in [0.1, 0.15) is 18.7 Å². The summed E-state index contributed by atoms with van der Waals surface area (Å²) in [6.07, 6.45) is 2.69. The first-order chi connectivity index (χ1) is 23.4. The van der Waals surface area contributed by atoms with Crippen LogP contribution < -0.4 is 27.0 Å². The van der Waals surface area contributed by atoms with Crippen molar-refractivity contribution in [3.05, 3.63) is 35.4 Å². The van der Waals surface area contributed by atoms with Crippen LogP contribution in [-0.4, -0.2) is 83.9 Å². The molecule has 3 aliphatic carbocycles. The summed E-state index contributed by atoms with van der Waals surface area (Å²) in [5.41, 5.74) is 6.84. The van der Waals surface area contributed by atoms with Crippen LogP contribution in [0, 0.1) is 34.5 Å². The number of rotatable bonds is 13. The number of fused-ring (bicyclic) bond motifs is 2. The largest absolute Gasteiger partial charge is 0.447 e. The monoisotopic (exact) mass is 694 g/mol. The fourth-order valence-electron chi connectivity index (χ4n) is 7.83. The molecule has 6 atom stereocenters. The molecule has 50 heavy (non-hydrogen) atoms. The molecule has 13 nitrogen and oxygen atoms in total. The van der Waals surface area contributed by atoms with Gasteiger partial charge >= 0.3 is 12.1 Å². The maximum Gasteiger partial charge on any atom is 0.407 e. The first-order valence-electron chi connectivity index (χ1n) is 17.9. The molecule has 5 rings (SSSR count). The van der Waals surface area contributed by atoms with E-state index in [1.165, 1.54) is 0 Å². The molecule has 1 saturated heterocycles. The molecule has 6 amide bonds. The van der Waals surface area contributed by atoms with Gasteiger partial charge in [0.2, 0.25) is 17.6 Å². The van der Waals surface area contributed by atoms with E-state index in [1.807, 2.05) is 58.9 Å². The molecule has 4 aliphatic rings. The highest BCUT2D eigenvalue weighted by Gasteiger charge is 2.70. The zero-order valence-corrected chi connectivity index (χ0v) is 30.3. The number of nitrogens with two attached hydrogens (primary N) is 1. The van der Waals surface area contributed by atoms with E-state index in [1.54, 1.807) is 4.90 Å². The van der Waals surface area contributed by atoms with Crippen molar-refractivity contribution in [2.75, 3.05) is 13.2 Å². The molecule has 13 heteroatoms. The first kappa shape index (κ1) is 37.1. The van der Waals surface area contributed by atoms with Crippen molar-refractivity contribution >= 4 is 35.6 Å². The number of nitrogens with one attached hydrogen (secondary N) is 4. The standard InChI is InChI=1S/C37H54N6O7/c1-19(2)39-35(49)50-18-26(36(3,4)5)41-34(48)42-28(23-15-21-10-8-9-11-22(21)16-23)33(47)43-17-24-27(37(24,6)7)29(43)32(46)40-25(14-20-12-13-20)30(44)31(38)45/h8-11,19-20,23-29H,12-18H2,1-7H3,(H2,38,45)(H,39,49)(H,40,46)(H2,41,42,48)/t24-,25?,26+,27-,28-,29-/m0/s1. The summed E-state index contributed by atoms with van der Waals surface area (Å²) >= 11 is 0. The number of hydrogen-bond donors (Lipinski definition) is 5. The lowest BCUT2D eigenvalue weighted by Gasteiger charge is -2.36. The van der Waals surface area contributed by atoms with Gasteiger partial charge in [0.15, 0.2) is 0 Å². The summed E-state index contributed by atoms with van der Waals surface area (Å²) in [6.45, 7) is 13.8. The SMILES string of the molecule is CC(C)NC(=O)OC[C@@H](NC(=O)N[C@H](C(=O)N1C[C@H]2[C@@H]([C@H]1C(=O)NC(CC1CC1)C(=O)C(N)=O)C2(C)C)C1Cc2ccccc2C1)C(C)(C)C. The van der Waals surface area contributed by atoms with Crippen molar-refractivity contribution in [1.29, 1.82) is 0 Å². The average Bonchev–Trinajstić information content (AvgIpc) is 3.78. The molecule has 1 aromatic carbocycles. The van der Waals surface area contributed by atoms with Crippen LogP contribution in [0.2, 0.25) is 0 Å². The maximum absolute atomic E-state index is 14.7.